The van der Waals surface area contributed by atoms with E-state index >= 15 is 0 Å². The van der Waals surface area contributed by atoms with Gasteiger partial charge in [0.25, 0.3) is 0 Å². The van der Waals surface area contributed by atoms with Gasteiger partial charge in [-0.1, -0.05) is 23.7 Å². The highest BCUT2D eigenvalue weighted by Gasteiger charge is 2.16. The number of thiazole rings is 1. The lowest BCUT2D eigenvalue weighted by Crippen LogP contribution is -1.87. The molecule has 2 aromatic carbocycles. The number of halogens is 1. The molecule has 2 aromatic heterocycles. The van der Waals surface area contributed by atoms with Crippen LogP contribution in [0, 0.1) is 0 Å². The van der Waals surface area contributed by atoms with E-state index in [1.54, 1.807) is 23.5 Å². The Labute approximate surface area is 136 Å². The van der Waals surface area contributed by atoms with Gasteiger partial charge in [0.2, 0.25) is 0 Å². The zero-order valence-corrected chi connectivity index (χ0v) is 13.0. The number of nitrogens with zero attached hydrogens (tertiary/aromatic N) is 2. The topological polar surface area (TPSA) is 37.5 Å². The number of fused-ring (bicyclic) bond motifs is 1. The van der Waals surface area contributed by atoms with Gasteiger partial charge in [-0.25, -0.2) is 4.98 Å². The largest absolute Gasteiger partial charge is 0.508 e. The fraction of sp³-hybridized carbons (Fsp3) is 0. The molecule has 0 bridgehead atoms. The lowest BCUT2D eigenvalue weighted by atomic mass is 10.0. The van der Waals surface area contributed by atoms with Crippen molar-refractivity contribution in [3.63, 3.8) is 0 Å². The Balaban J connectivity index is 1.98. The van der Waals surface area contributed by atoms with Crippen LogP contribution in [0.1, 0.15) is 0 Å². The summed E-state index contributed by atoms with van der Waals surface area (Å²) in [4.78, 5) is 5.69. The van der Waals surface area contributed by atoms with E-state index in [9.17, 15) is 5.11 Å². The van der Waals surface area contributed by atoms with Gasteiger partial charge in [-0.15, -0.1) is 11.3 Å². The van der Waals surface area contributed by atoms with E-state index in [4.69, 9.17) is 16.6 Å². The minimum Gasteiger partial charge on any atom is -0.508 e. The molecule has 0 radical (unpaired) electrons. The van der Waals surface area contributed by atoms with Gasteiger partial charge in [0.05, 0.1) is 11.4 Å². The van der Waals surface area contributed by atoms with Crippen molar-refractivity contribution in [2.45, 2.75) is 0 Å². The second-order valence-electron chi connectivity index (χ2n) is 4.92. The van der Waals surface area contributed by atoms with E-state index in [0.29, 0.717) is 5.02 Å². The first kappa shape index (κ1) is 13.4. The van der Waals surface area contributed by atoms with Gasteiger partial charge in [-0.3, -0.25) is 4.40 Å². The van der Waals surface area contributed by atoms with Crippen LogP contribution in [-0.4, -0.2) is 14.5 Å². The molecule has 0 fully saturated rings. The summed E-state index contributed by atoms with van der Waals surface area (Å²) < 4.78 is 2.07. The van der Waals surface area contributed by atoms with Crippen LogP contribution in [-0.2, 0) is 0 Å². The van der Waals surface area contributed by atoms with E-state index in [1.165, 1.54) is 0 Å². The highest BCUT2D eigenvalue weighted by atomic mass is 35.5. The van der Waals surface area contributed by atoms with Crippen molar-refractivity contribution in [1.82, 2.24) is 9.38 Å². The Hall–Kier alpha value is -2.30. The number of rotatable bonds is 2. The molecule has 5 heteroatoms. The van der Waals surface area contributed by atoms with Crippen LogP contribution in [0.15, 0.2) is 60.1 Å². The molecule has 4 aromatic rings. The van der Waals surface area contributed by atoms with E-state index in [2.05, 4.69) is 4.40 Å². The Kier molecular flexibility index (Phi) is 3.13. The molecule has 0 aliphatic carbocycles. The summed E-state index contributed by atoms with van der Waals surface area (Å²) in [6.45, 7) is 0. The number of aromatic nitrogens is 2. The van der Waals surface area contributed by atoms with Crippen LogP contribution >= 0.6 is 22.9 Å². The molecule has 4 rings (SSSR count). The Morgan fingerprint density at radius 1 is 0.955 bits per heavy atom. The lowest BCUT2D eigenvalue weighted by Gasteiger charge is -2.05. The number of phenolic OH excluding ortho intramolecular Hbond substituents is 1. The van der Waals surface area contributed by atoms with Crippen molar-refractivity contribution >= 4 is 27.9 Å². The summed E-state index contributed by atoms with van der Waals surface area (Å²) in [7, 11) is 0. The third kappa shape index (κ3) is 2.17. The third-order valence-electron chi connectivity index (χ3n) is 3.52. The van der Waals surface area contributed by atoms with Gasteiger partial charge in [0, 0.05) is 27.7 Å². The van der Waals surface area contributed by atoms with Gasteiger partial charge in [-0.05, 0) is 36.4 Å². The van der Waals surface area contributed by atoms with E-state index in [0.717, 1.165) is 27.5 Å². The van der Waals surface area contributed by atoms with Gasteiger partial charge in [0.15, 0.2) is 4.96 Å². The number of aromatic hydroxyl groups is 1. The van der Waals surface area contributed by atoms with Crippen LogP contribution in [0.5, 0.6) is 5.75 Å². The standard InChI is InChI=1S/C17H11ClN2OS/c18-13-5-1-11(2-6-13)15-16(12-3-7-14(21)8-4-12)20-9-10-22-17(20)19-15/h1-10,21H. The number of imidazole rings is 1. The molecule has 0 atom stereocenters. The van der Waals surface area contributed by atoms with Crippen molar-refractivity contribution in [3.05, 3.63) is 65.1 Å². The summed E-state index contributed by atoms with van der Waals surface area (Å²) in [6.07, 6.45) is 2.01. The number of hydrogen-bond donors (Lipinski definition) is 1. The lowest BCUT2D eigenvalue weighted by molar-refractivity contribution is 0.475. The van der Waals surface area contributed by atoms with Crippen molar-refractivity contribution in [3.8, 4) is 28.3 Å². The van der Waals surface area contributed by atoms with Crippen LogP contribution < -0.4 is 0 Å². The maximum Gasteiger partial charge on any atom is 0.194 e. The zero-order valence-electron chi connectivity index (χ0n) is 11.4. The fourth-order valence-electron chi connectivity index (χ4n) is 2.49. The fourth-order valence-corrected chi connectivity index (χ4v) is 3.33. The van der Waals surface area contributed by atoms with Gasteiger partial charge in [0.1, 0.15) is 5.75 Å². The van der Waals surface area contributed by atoms with Crippen molar-refractivity contribution in [2.24, 2.45) is 0 Å². The molecule has 108 valence electrons. The van der Waals surface area contributed by atoms with Gasteiger partial charge in [-0.2, -0.15) is 0 Å². The monoisotopic (exact) mass is 326 g/mol. The average Bonchev–Trinajstić information content (AvgIpc) is 3.10. The highest BCUT2D eigenvalue weighted by Crippen LogP contribution is 2.35. The van der Waals surface area contributed by atoms with Gasteiger partial charge >= 0.3 is 0 Å². The number of hydrogen-bond acceptors (Lipinski definition) is 3. The molecule has 22 heavy (non-hydrogen) atoms. The first-order valence-electron chi connectivity index (χ1n) is 6.73. The first-order valence-corrected chi connectivity index (χ1v) is 7.99. The normalized spacial score (nSPS) is 11.1. The molecule has 2 heterocycles. The molecular weight excluding hydrogens is 316 g/mol. The van der Waals surface area contributed by atoms with Gasteiger partial charge < -0.3 is 5.11 Å². The molecule has 0 aliphatic rings. The molecule has 3 nitrogen and oxygen atoms in total. The third-order valence-corrected chi connectivity index (χ3v) is 4.53. The molecule has 1 N–H and O–H groups in total. The van der Waals surface area contributed by atoms with Crippen LogP contribution in [0.3, 0.4) is 0 Å². The SMILES string of the molecule is Oc1ccc(-c2c(-c3ccc(Cl)cc3)nc3sccn23)cc1. The molecule has 0 amide bonds. The van der Waals surface area contributed by atoms with E-state index in [-0.39, 0.29) is 5.75 Å². The summed E-state index contributed by atoms with van der Waals surface area (Å²) in [5.41, 5.74) is 3.95. The second-order valence-corrected chi connectivity index (χ2v) is 6.23. The smallest absolute Gasteiger partial charge is 0.194 e. The van der Waals surface area contributed by atoms with E-state index in [1.807, 2.05) is 48.0 Å². The molecule has 0 spiro atoms. The maximum atomic E-state index is 9.51. The van der Waals surface area contributed by atoms with Crippen molar-refractivity contribution < 1.29 is 5.11 Å². The Morgan fingerprint density at radius 2 is 1.64 bits per heavy atom. The zero-order chi connectivity index (χ0) is 15.1. The summed E-state index contributed by atoms with van der Waals surface area (Å²) in [5, 5.41) is 12.2. The molecule has 0 aliphatic heterocycles. The van der Waals surface area contributed by atoms with Crippen LogP contribution in [0.4, 0.5) is 0 Å². The average molecular weight is 327 g/mol. The minimum absolute atomic E-state index is 0.253. The second kappa shape index (κ2) is 5.16. The molecule has 0 saturated heterocycles. The first-order chi connectivity index (χ1) is 10.7. The molecule has 0 unspecified atom stereocenters. The van der Waals surface area contributed by atoms with Crippen LogP contribution in [0.2, 0.25) is 5.02 Å². The minimum atomic E-state index is 0.253. The quantitative estimate of drug-likeness (QED) is 0.557. The predicted octanol–water partition coefficient (Wildman–Crippen LogP) is 5.09. The molecular formula is C17H11ClN2OS. The number of benzene rings is 2. The summed E-state index contributed by atoms with van der Waals surface area (Å²) >= 11 is 7.57. The van der Waals surface area contributed by atoms with Crippen molar-refractivity contribution in [2.75, 3.05) is 0 Å². The highest BCUT2D eigenvalue weighted by molar-refractivity contribution is 7.15. The summed E-state index contributed by atoms with van der Waals surface area (Å²) in [5.74, 6) is 0.253. The molecule has 0 saturated carbocycles. The van der Waals surface area contributed by atoms with E-state index < -0.39 is 0 Å². The predicted molar refractivity (Wildman–Crippen MR) is 90.6 cm³/mol. The van der Waals surface area contributed by atoms with Crippen molar-refractivity contribution in [1.29, 1.82) is 0 Å². The maximum absolute atomic E-state index is 9.51. The van der Waals surface area contributed by atoms with Crippen LogP contribution in [0.25, 0.3) is 27.5 Å². The summed E-state index contributed by atoms with van der Waals surface area (Å²) in [6, 6.07) is 14.8. The Morgan fingerprint density at radius 3 is 2.36 bits per heavy atom. The Bertz CT molecular complexity index is 939. The number of phenols is 1.